The van der Waals surface area contributed by atoms with Crippen molar-refractivity contribution in [2.75, 3.05) is 0 Å². The van der Waals surface area contributed by atoms with Gasteiger partial charge in [0.2, 0.25) is 5.91 Å². The van der Waals surface area contributed by atoms with E-state index < -0.39 is 0 Å². The van der Waals surface area contributed by atoms with Crippen molar-refractivity contribution in [3.8, 4) is 0 Å². The first-order chi connectivity index (χ1) is 10.2. The van der Waals surface area contributed by atoms with Crippen molar-refractivity contribution in [3.63, 3.8) is 0 Å². The van der Waals surface area contributed by atoms with Crippen molar-refractivity contribution >= 4 is 5.91 Å². The average molecular weight is 284 g/mol. The topological polar surface area (TPSA) is 64.4 Å². The molecule has 2 aromatic rings. The Morgan fingerprint density at radius 3 is 2.19 bits per heavy atom. The van der Waals surface area contributed by atoms with Gasteiger partial charge in [0.15, 0.2) is 0 Å². The molecule has 1 amide bonds. The molecule has 0 saturated heterocycles. The van der Waals surface area contributed by atoms with Crippen LogP contribution in [-0.2, 0) is 22.7 Å². The van der Waals surface area contributed by atoms with E-state index in [9.17, 15) is 4.79 Å². The molecule has 21 heavy (non-hydrogen) atoms. The van der Waals surface area contributed by atoms with E-state index in [1.54, 1.807) is 0 Å². The van der Waals surface area contributed by atoms with Crippen LogP contribution >= 0.6 is 0 Å². The third-order valence-corrected chi connectivity index (χ3v) is 3.06. The van der Waals surface area contributed by atoms with E-state index in [0.717, 1.165) is 11.1 Å². The minimum absolute atomic E-state index is 0.200. The molecule has 4 heteroatoms. The van der Waals surface area contributed by atoms with Crippen LogP contribution in [0.2, 0.25) is 0 Å². The summed E-state index contributed by atoms with van der Waals surface area (Å²) >= 11 is 0. The number of rotatable bonds is 7. The van der Waals surface area contributed by atoms with Gasteiger partial charge in [0.05, 0.1) is 6.61 Å². The molecule has 110 valence electrons. The highest BCUT2D eigenvalue weighted by Crippen LogP contribution is 2.04. The van der Waals surface area contributed by atoms with Crippen LogP contribution in [0.5, 0.6) is 0 Å². The van der Waals surface area contributed by atoms with Crippen LogP contribution < -0.4 is 11.2 Å². The van der Waals surface area contributed by atoms with Crippen LogP contribution in [-0.4, -0.2) is 11.9 Å². The number of hydroxylamine groups is 1. The van der Waals surface area contributed by atoms with Gasteiger partial charge < -0.3 is 5.73 Å². The van der Waals surface area contributed by atoms with E-state index >= 15 is 0 Å². The first-order valence-electron chi connectivity index (χ1n) is 6.98. The zero-order valence-electron chi connectivity index (χ0n) is 11.9. The van der Waals surface area contributed by atoms with Crippen molar-refractivity contribution in [2.45, 2.75) is 25.5 Å². The second-order valence-electron chi connectivity index (χ2n) is 4.95. The molecular weight excluding hydrogens is 264 g/mol. The number of nitrogens with two attached hydrogens (primary N) is 1. The predicted molar refractivity (Wildman–Crippen MR) is 82.1 cm³/mol. The number of amides is 1. The highest BCUT2D eigenvalue weighted by molar-refractivity contribution is 5.75. The van der Waals surface area contributed by atoms with Gasteiger partial charge in [-0.1, -0.05) is 60.7 Å². The summed E-state index contributed by atoms with van der Waals surface area (Å²) in [6.45, 7) is 0.348. The van der Waals surface area contributed by atoms with E-state index in [4.69, 9.17) is 10.6 Å². The lowest BCUT2D eigenvalue weighted by Gasteiger charge is -2.12. The van der Waals surface area contributed by atoms with Crippen molar-refractivity contribution in [2.24, 2.45) is 5.73 Å². The van der Waals surface area contributed by atoms with E-state index in [1.165, 1.54) is 0 Å². The van der Waals surface area contributed by atoms with Crippen LogP contribution in [0.4, 0.5) is 0 Å². The van der Waals surface area contributed by atoms with Crippen LogP contribution in [0.1, 0.15) is 17.5 Å². The maximum absolute atomic E-state index is 11.7. The van der Waals surface area contributed by atoms with Gasteiger partial charge in [-0.05, 0) is 17.5 Å². The van der Waals surface area contributed by atoms with E-state index in [0.29, 0.717) is 13.0 Å². The number of carbonyl (C=O) groups excluding carboxylic acids is 1. The Kier molecular flexibility index (Phi) is 5.94. The number of nitrogens with one attached hydrogen (secondary N) is 1. The lowest BCUT2D eigenvalue weighted by atomic mass is 10.0. The summed E-state index contributed by atoms with van der Waals surface area (Å²) < 4.78 is 0. The molecule has 0 aromatic heterocycles. The standard InChI is InChI=1S/C17H20N2O2/c18-16(11-14-7-3-1-4-8-14)12-17(20)19-21-13-15-9-5-2-6-10-15/h1-10,16H,11-13,18H2,(H,19,20). The van der Waals surface area contributed by atoms with Crippen LogP contribution in [0.25, 0.3) is 0 Å². The third kappa shape index (κ3) is 5.77. The smallest absolute Gasteiger partial charge is 0.245 e. The molecule has 0 heterocycles. The summed E-state index contributed by atoms with van der Waals surface area (Å²) in [7, 11) is 0. The molecule has 2 aromatic carbocycles. The van der Waals surface area contributed by atoms with Gasteiger partial charge in [-0.15, -0.1) is 0 Å². The molecule has 0 aliphatic rings. The Morgan fingerprint density at radius 1 is 1.00 bits per heavy atom. The van der Waals surface area contributed by atoms with Crippen LogP contribution in [0.3, 0.4) is 0 Å². The fourth-order valence-corrected chi connectivity index (χ4v) is 2.04. The van der Waals surface area contributed by atoms with Gasteiger partial charge in [-0.3, -0.25) is 9.63 Å². The highest BCUT2D eigenvalue weighted by Gasteiger charge is 2.10. The molecule has 0 radical (unpaired) electrons. The molecule has 3 N–H and O–H groups in total. The molecule has 0 aliphatic heterocycles. The van der Waals surface area contributed by atoms with Gasteiger partial charge in [0, 0.05) is 12.5 Å². The summed E-state index contributed by atoms with van der Waals surface area (Å²) in [5, 5.41) is 0. The average Bonchev–Trinajstić information content (AvgIpc) is 2.49. The monoisotopic (exact) mass is 284 g/mol. The van der Waals surface area contributed by atoms with Gasteiger partial charge >= 0.3 is 0 Å². The zero-order chi connectivity index (χ0) is 14.9. The third-order valence-electron chi connectivity index (χ3n) is 3.06. The Morgan fingerprint density at radius 2 is 1.57 bits per heavy atom. The number of hydrogen-bond acceptors (Lipinski definition) is 3. The number of hydrogen-bond donors (Lipinski definition) is 2. The number of carbonyl (C=O) groups is 1. The summed E-state index contributed by atoms with van der Waals surface area (Å²) in [6.07, 6.45) is 0.913. The number of benzene rings is 2. The fourth-order valence-electron chi connectivity index (χ4n) is 2.04. The molecule has 0 bridgehead atoms. The lowest BCUT2D eigenvalue weighted by molar-refractivity contribution is -0.134. The maximum Gasteiger partial charge on any atom is 0.245 e. The molecule has 1 unspecified atom stereocenters. The van der Waals surface area contributed by atoms with Gasteiger partial charge in [0.25, 0.3) is 0 Å². The lowest BCUT2D eigenvalue weighted by Crippen LogP contribution is -2.33. The van der Waals surface area contributed by atoms with E-state index in [1.807, 2.05) is 60.7 Å². The summed E-state index contributed by atoms with van der Waals surface area (Å²) in [5.74, 6) is -0.200. The molecular formula is C17H20N2O2. The van der Waals surface area contributed by atoms with Crippen molar-refractivity contribution in [1.29, 1.82) is 0 Å². The van der Waals surface area contributed by atoms with Crippen LogP contribution in [0, 0.1) is 0 Å². The largest absolute Gasteiger partial charge is 0.327 e. The van der Waals surface area contributed by atoms with Gasteiger partial charge in [-0.2, -0.15) is 0 Å². The molecule has 0 spiro atoms. The van der Waals surface area contributed by atoms with Gasteiger partial charge in [0.1, 0.15) is 0 Å². The molecule has 0 fully saturated rings. The van der Waals surface area contributed by atoms with Crippen LogP contribution in [0.15, 0.2) is 60.7 Å². The maximum atomic E-state index is 11.7. The quantitative estimate of drug-likeness (QED) is 0.766. The predicted octanol–water partition coefficient (Wildman–Crippen LogP) is 2.19. The highest BCUT2D eigenvalue weighted by atomic mass is 16.6. The molecule has 4 nitrogen and oxygen atoms in total. The SMILES string of the molecule is NC(CC(=O)NOCc1ccccc1)Cc1ccccc1. The minimum Gasteiger partial charge on any atom is -0.327 e. The minimum atomic E-state index is -0.215. The second-order valence-corrected chi connectivity index (χ2v) is 4.95. The Balaban J connectivity index is 1.67. The fraction of sp³-hybridized carbons (Fsp3) is 0.235. The molecule has 0 aliphatic carbocycles. The van der Waals surface area contributed by atoms with Gasteiger partial charge in [-0.25, -0.2) is 5.48 Å². The zero-order valence-corrected chi connectivity index (χ0v) is 11.9. The Hall–Kier alpha value is -2.17. The first kappa shape index (κ1) is 15.2. The van der Waals surface area contributed by atoms with Crippen molar-refractivity contribution in [3.05, 3.63) is 71.8 Å². The van der Waals surface area contributed by atoms with Crippen molar-refractivity contribution < 1.29 is 9.63 Å². The molecule has 1 atom stereocenters. The van der Waals surface area contributed by atoms with Crippen molar-refractivity contribution in [1.82, 2.24) is 5.48 Å². The Bertz CT molecular complexity index is 543. The first-order valence-corrected chi connectivity index (χ1v) is 6.98. The molecule has 2 rings (SSSR count). The summed E-state index contributed by atoms with van der Waals surface area (Å²) in [4.78, 5) is 16.9. The summed E-state index contributed by atoms with van der Waals surface area (Å²) in [6, 6.07) is 19.3. The van der Waals surface area contributed by atoms with E-state index in [-0.39, 0.29) is 18.4 Å². The summed E-state index contributed by atoms with van der Waals surface area (Å²) in [5.41, 5.74) is 10.5. The normalized spacial score (nSPS) is 11.9. The second kappa shape index (κ2) is 8.19. The Labute approximate surface area is 124 Å². The van der Waals surface area contributed by atoms with E-state index in [2.05, 4.69) is 5.48 Å². The molecule has 0 saturated carbocycles.